The molecule has 1 aliphatic rings. The second kappa shape index (κ2) is 6.82. The Labute approximate surface area is 148 Å². The number of aliphatic hydroxyl groups excluding tert-OH is 1. The van der Waals surface area contributed by atoms with Gasteiger partial charge in [0.1, 0.15) is 0 Å². The van der Waals surface area contributed by atoms with E-state index in [0.717, 1.165) is 37.2 Å². The minimum Gasteiger partial charge on any atom is -0.388 e. The first-order valence-electron chi connectivity index (χ1n) is 8.80. The molecule has 4 nitrogen and oxygen atoms in total. The van der Waals surface area contributed by atoms with Gasteiger partial charge in [-0.3, -0.25) is 0 Å². The van der Waals surface area contributed by atoms with Crippen molar-refractivity contribution >= 4 is 0 Å². The van der Waals surface area contributed by atoms with E-state index in [1.165, 1.54) is 5.56 Å². The van der Waals surface area contributed by atoms with Crippen LogP contribution >= 0.6 is 0 Å². The molecule has 1 saturated carbocycles. The third-order valence-corrected chi connectivity index (χ3v) is 5.07. The Morgan fingerprint density at radius 2 is 1.92 bits per heavy atom. The molecule has 25 heavy (non-hydrogen) atoms. The lowest BCUT2D eigenvalue weighted by atomic mass is 9.92. The topological polar surface area (TPSA) is 50.1 Å². The van der Waals surface area contributed by atoms with Gasteiger partial charge < -0.3 is 10.4 Å². The highest BCUT2D eigenvalue weighted by Crippen LogP contribution is 2.54. The van der Waals surface area contributed by atoms with Gasteiger partial charge in [0, 0.05) is 30.9 Å². The summed E-state index contributed by atoms with van der Waals surface area (Å²) in [5, 5.41) is 18.5. The summed E-state index contributed by atoms with van der Waals surface area (Å²) < 4.78 is 1.87. The van der Waals surface area contributed by atoms with Crippen LogP contribution in [0.3, 0.4) is 0 Å². The molecule has 128 valence electrons. The third kappa shape index (κ3) is 3.50. The number of hydrogen-bond acceptors (Lipinski definition) is 3. The van der Waals surface area contributed by atoms with Gasteiger partial charge in [-0.1, -0.05) is 42.5 Å². The number of nitrogens with one attached hydrogen (secondary N) is 1. The van der Waals surface area contributed by atoms with E-state index in [9.17, 15) is 5.11 Å². The molecular weight excluding hydrogens is 310 g/mol. The molecule has 1 heterocycles. The normalized spacial score (nSPS) is 16.5. The lowest BCUT2D eigenvalue weighted by Gasteiger charge is -2.23. The van der Waals surface area contributed by atoms with Crippen LogP contribution in [0, 0.1) is 5.41 Å². The molecule has 1 fully saturated rings. The molecule has 4 heteroatoms. The molecule has 3 aromatic rings. The molecule has 0 aliphatic heterocycles. The van der Waals surface area contributed by atoms with Crippen molar-refractivity contribution in [3.63, 3.8) is 0 Å². The van der Waals surface area contributed by atoms with Crippen LogP contribution < -0.4 is 5.32 Å². The minimum atomic E-state index is -0.392. The number of aromatic nitrogens is 2. The Hall–Kier alpha value is -2.43. The van der Waals surface area contributed by atoms with Crippen molar-refractivity contribution in [1.29, 1.82) is 0 Å². The average Bonchev–Trinajstić information content (AvgIpc) is 3.24. The summed E-state index contributed by atoms with van der Waals surface area (Å²) in [5.74, 6) is 0. The molecular formula is C21H23N3O. The van der Waals surface area contributed by atoms with Crippen molar-refractivity contribution in [2.45, 2.75) is 25.5 Å². The van der Waals surface area contributed by atoms with Gasteiger partial charge in [-0.05, 0) is 42.2 Å². The molecule has 2 aromatic carbocycles. The third-order valence-electron chi connectivity index (χ3n) is 5.07. The average molecular weight is 333 g/mol. The van der Waals surface area contributed by atoms with Crippen molar-refractivity contribution in [1.82, 2.24) is 15.1 Å². The van der Waals surface area contributed by atoms with Crippen LogP contribution in [-0.2, 0) is 6.54 Å². The summed E-state index contributed by atoms with van der Waals surface area (Å²) in [6, 6.07) is 20.3. The van der Waals surface area contributed by atoms with Crippen LogP contribution in [-0.4, -0.2) is 21.4 Å². The highest BCUT2D eigenvalue weighted by Gasteiger charge is 2.48. The summed E-state index contributed by atoms with van der Waals surface area (Å²) in [7, 11) is 0. The van der Waals surface area contributed by atoms with E-state index in [4.69, 9.17) is 0 Å². The summed E-state index contributed by atoms with van der Waals surface area (Å²) >= 11 is 0. The highest BCUT2D eigenvalue weighted by molar-refractivity contribution is 5.35. The highest BCUT2D eigenvalue weighted by atomic mass is 16.3. The van der Waals surface area contributed by atoms with E-state index in [0.29, 0.717) is 0 Å². The molecule has 0 spiro atoms. The monoisotopic (exact) mass is 333 g/mol. The Morgan fingerprint density at radius 3 is 2.64 bits per heavy atom. The van der Waals surface area contributed by atoms with E-state index >= 15 is 0 Å². The molecule has 0 amide bonds. The molecule has 0 saturated heterocycles. The molecule has 0 bridgehead atoms. The standard InChI is InChI=1S/C21H23N3O/c25-20(18-7-2-1-3-8-18)21(10-11-21)16-22-15-17-6-4-9-19(14-17)24-13-5-12-23-24/h1-9,12-14,20,22,25H,10-11,15-16H2. The molecule has 2 N–H and O–H groups in total. The number of rotatable bonds is 7. The maximum atomic E-state index is 10.7. The van der Waals surface area contributed by atoms with Crippen LogP contribution in [0.5, 0.6) is 0 Å². The second-order valence-corrected chi connectivity index (χ2v) is 6.90. The molecule has 1 unspecified atom stereocenters. The van der Waals surface area contributed by atoms with Gasteiger partial charge in [0.05, 0.1) is 11.8 Å². The van der Waals surface area contributed by atoms with Crippen molar-refractivity contribution in [3.8, 4) is 5.69 Å². The molecule has 1 aromatic heterocycles. The van der Waals surface area contributed by atoms with Gasteiger partial charge in [-0.15, -0.1) is 0 Å². The largest absolute Gasteiger partial charge is 0.388 e. The molecule has 1 atom stereocenters. The van der Waals surface area contributed by atoms with E-state index in [2.05, 4.69) is 34.7 Å². The predicted molar refractivity (Wildman–Crippen MR) is 98.3 cm³/mol. The van der Waals surface area contributed by atoms with Crippen molar-refractivity contribution < 1.29 is 5.11 Å². The van der Waals surface area contributed by atoms with Gasteiger partial charge in [0.25, 0.3) is 0 Å². The summed E-state index contributed by atoms with van der Waals surface area (Å²) in [5.41, 5.74) is 3.29. The van der Waals surface area contributed by atoms with Gasteiger partial charge >= 0.3 is 0 Å². The summed E-state index contributed by atoms with van der Waals surface area (Å²) in [6.45, 7) is 1.62. The minimum absolute atomic E-state index is 0.0129. The summed E-state index contributed by atoms with van der Waals surface area (Å²) in [4.78, 5) is 0. The number of hydrogen-bond donors (Lipinski definition) is 2. The zero-order valence-electron chi connectivity index (χ0n) is 14.2. The van der Waals surface area contributed by atoms with Crippen molar-refractivity contribution in [3.05, 3.63) is 84.2 Å². The Morgan fingerprint density at radius 1 is 1.08 bits per heavy atom. The fourth-order valence-corrected chi connectivity index (χ4v) is 3.38. The summed E-state index contributed by atoms with van der Waals surface area (Å²) in [6.07, 6.45) is 5.48. The van der Waals surface area contributed by atoms with Gasteiger partial charge in [-0.25, -0.2) is 4.68 Å². The number of benzene rings is 2. The van der Waals surface area contributed by atoms with Crippen LogP contribution in [0.15, 0.2) is 73.1 Å². The van der Waals surface area contributed by atoms with Crippen LogP contribution in [0.25, 0.3) is 5.69 Å². The first-order valence-corrected chi connectivity index (χ1v) is 8.80. The van der Waals surface area contributed by atoms with Crippen molar-refractivity contribution in [2.75, 3.05) is 6.54 Å². The molecule has 1 aliphatic carbocycles. The lowest BCUT2D eigenvalue weighted by molar-refractivity contribution is 0.0917. The Balaban J connectivity index is 1.37. The second-order valence-electron chi connectivity index (χ2n) is 6.90. The fraction of sp³-hybridized carbons (Fsp3) is 0.286. The first kappa shape index (κ1) is 16.1. The SMILES string of the molecule is OC(c1ccccc1)C1(CNCc2cccc(-n3cccn3)c2)CC1. The Kier molecular flexibility index (Phi) is 4.38. The molecule has 0 radical (unpaired) electrons. The quantitative estimate of drug-likeness (QED) is 0.696. The first-order chi connectivity index (χ1) is 12.3. The van der Waals surface area contributed by atoms with Gasteiger partial charge in [0.15, 0.2) is 0 Å². The van der Waals surface area contributed by atoms with Gasteiger partial charge in [0.2, 0.25) is 0 Å². The predicted octanol–water partition coefficient (Wildman–Crippen LogP) is 3.48. The zero-order valence-corrected chi connectivity index (χ0v) is 14.2. The van der Waals surface area contributed by atoms with E-state index in [1.54, 1.807) is 6.20 Å². The van der Waals surface area contributed by atoms with Crippen LogP contribution in [0.2, 0.25) is 0 Å². The maximum absolute atomic E-state index is 10.7. The van der Waals surface area contributed by atoms with E-state index in [-0.39, 0.29) is 5.41 Å². The maximum Gasteiger partial charge on any atom is 0.0858 e. The Bertz CT molecular complexity index is 810. The van der Waals surface area contributed by atoms with E-state index < -0.39 is 6.10 Å². The van der Waals surface area contributed by atoms with Gasteiger partial charge in [-0.2, -0.15) is 5.10 Å². The smallest absolute Gasteiger partial charge is 0.0858 e. The number of nitrogens with zero attached hydrogens (tertiary/aromatic N) is 2. The fourth-order valence-electron chi connectivity index (χ4n) is 3.38. The number of aliphatic hydroxyl groups is 1. The molecule has 4 rings (SSSR count). The van der Waals surface area contributed by atoms with Crippen LogP contribution in [0.1, 0.15) is 30.1 Å². The van der Waals surface area contributed by atoms with Crippen molar-refractivity contribution in [2.24, 2.45) is 5.41 Å². The van der Waals surface area contributed by atoms with E-state index in [1.807, 2.05) is 47.3 Å². The lowest BCUT2D eigenvalue weighted by Crippen LogP contribution is -2.28. The van der Waals surface area contributed by atoms with Crippen LogP contribution in [0.4, 0.5) is 0 Å². The zero-order chi connectivity index (χ0) is 17.1.